The first-order valence-electron chi connectivity index (χ1n) is 21.1. The Morgan fingerprint density at radius 3 is 1.00 bits per heavy atom. The first kappa shape index (κ1) is 48.9. The predicted molar refractivity (Wildman–Crippen MR) is 232 cm³/mol. The number of quaternary nitrogens is 1. The topological polar surface area (TPSA) is 0 Å². The Hall–Kier alpha value is -2.15. The minimum Gasteiger partial charge on any atom is -1.00 e. The van der Waals surface area contributed by atoms with Gasteiger partial charge in [0.15, 0.2) is 0 Å². The Balaban J connectivity index is 0.000000558. The first-order valence-corrected chi connectivity index (χ1v) is 23.1. The van der Waals surface area contributed by atoms with E-state index in [4.69, 9.17) is 0 Å². The van der Waals surface area contributed by atoms with Crippen LogP contribution in [0.3, 0.4) is 0 Å². The van der Waals surface area contributed by atoms with E-state index in [0.29, 0.717) is 0 Å². The minimum atomic E-state index is -1.63. The molecule has 0 fully saturated rings. The van der Waals surface area contributed by atoms with Crippen molar-refractivity contribution >= 4 is 23.2 Å². The van der Waals surface area contributed by atoms with Crippen LogP contribution in [-0.4, -0.2) is 30.3 Å². The Labute approximate surface area is 340 Å². The van der Waals surface area contributed by atoms with E-state index >= 15 is 0 Å². The smallest absolute Gasteiger partial charge is 0.112 e. The summed E-state index contributed by atoms with van der Waals surface area (Å²) in [6, 6.07) is 45.0. The van der Waals surface area contributed by atoms with Crippen molar-refractivity contribution in [1.29, 1.82) is 0 Å². The molecule has 0 aliphatic rings. The maximum absolute atomic E-state index is 2.37. The van der Waals surface area contributed by atoms with Gasteiger partial charge in [0, 0.05) is 5.56 Å². The van der Waals surface area contributed by atoms with E-state index in [1.165, 1.54) is 161 Å². The SMILES string of the molecule is CCCCCCCCCCCC[P+](c1ccccc1)(c1ccccc1)c1ccccc1.CCCC[N+](CCCC)(CCCC)Cc1ccccc1.[Cl-].[Cl-]. The molecule has 0 unspecified atom stereocenters. The highest BCUT2D eigenvalue weighted by atomic mass is 35.5. The highest BCUT2D eigenvalue weighted by molar-refractivity contribution is 7.95. The van der Waals surface area contributed by atoms with Crippen LogP contribution in [0.15, 0.2) is 121 Å². The van der Waals surface area contributed by atoms with Crippen LogP contribution in [0.4, 0.5) is 0 Å². The summed E-state index contributed by atoms with van der Waals surface area (Å²) in [7, 11) is -1.63. The molecule has 0 aromatic heterocycles. The van der Waals surface area contributed by atoms with Crippen LogP contribution < -0.4 is 40.7 Å². The summed E-state index contributed by atoms with van der Waals surface area (Å²) in [5.74, 6) is 0. The molecule has 4 heteroatoms. The fraction of sp³-hybridized carbons (Fsp3) is 0.510. The molecule has 4 rings (SSSR count). The highest BCUT2D eigenvalue weighted by Gasteiger charge is 2.44. The summed E-state index contributed by atoms with van der Waals surface area (Å²) in [6.45, 7) is 14.5. The number of nitrogens with zero attached hydrogens (tertiary/aromatic N) is 1. The van der Waals surface area contributed by atoms with Crippen LogP contribution in [-0.2, 0) is 6.54 Å². The second-order valence-corrected chi connectivity index (χ2v) is 18.6. The third kappa shape index (κ3) is 17.5. The van der Waals surface area contributed by atoms with Gasteiger partial charge in [-0.1, -0.05) is 183 Å². The van der Waals surface area contributed by atoms with Crippen LogP contribution in [0.2, 0.25) is 0 Å². The molecule has 0 spiro atoms. The van der Waals surface area contributed by atoms with Gasteiger partial charge < -0.3 is 29.3 Å². The van der Waals surface area contributed by atoms with E-state index in [1.807, 2.05) is 0 Å². The number of hydrogen-bond acceptors (Lipinski definition) is 0. The zero-order chi connectivity index (χ0) is 36.3. The van der Waals surface area contributed by atoms with Gasteiger partial charge in [-0.3, -0.25) is 0 Å². The molecular formula is C49H74Cl2NP. The molecule has 0 saturated carbocycles. The number of benzene rings is 4. The van der Waals surface area contributed by atoms with E-state index in [9.17, 15) is 0 Å². The average Bonchev–Trinajstić information content (AvgIpc) is 3.19. The summed E-state index contributed by atoms with van der Waals surface area (Å²) >= 11 is 0. The molecular weight excluding hydrogens is 704 g/mol. The highest BCUT2D eigenvalue weighted by Crippen LogP contribution is 2.56. The van der Waals surface area contributed by atoms with Gasteiger partial charge in [-0.05, 0) is 68.5 Å². The lowest BCUT2D eigenvalue weighted by atomic mass is 10.1. The molecule has 0 heterocycles. The van der Waals surface area contributed by atoms with Gasteiger partial charge in [-0.15, -0.1) is 0 Å². The number of halogens is 2. The summed E-state index contributed by atoms with van der Waals surface area (Å²) < 4.78 is 1.31. The third-order valence-corrected chi connectivity index (χ3v) is 15.3. The molecule has 294 valence electrons. The van der Waals surface area contributed by atoms with Crippen molar-refractivity contribution in [3.63, 3.8) is 0 Å². The van der Waals surface area contributed by atoms with Gasteiger partial charge in [-0.2, -0.15) is 0 Å². The van der Waals surface area contributed by atoms with Crippen molar-refractivity contribution in [2.75, 3.05) is 25.8 Å². The minimum absolute atomic E-state index is 0. The lowest BCUT2D eigenvalue weighted by molar-refractivity contribution is -0.941. The van der Waals surface area contributed by atoms with E-state index in [2.05, 4.69) is 149 Å². The summed E-state index contributed by atoms with van der Waals surface area (Å²) in [5.41, 5.74) is 1.51. The van der Waals surface area contributed by atoms with Gasteiger partial charge in [0.25, 0.3) is 0 Å². The Morgan fingerprint density at radius 2 is 0.660 bits per heavy atom. The third-order valence-electron chi connectivity index (χ3n) is 10.8. The van der Waals surface area contributed by atoms with Crippen molar-refractivity contribution in [3.05, 3.63) is 127 Å². The fourth-order valence-electron chi connectivity index (χ4n) is 7.74. The molecule has 0 aliphatic heterocycles. The molecule has 0 aliphatic carbocycles. The normalized spacial score (nSPS) is 11.2. The summed E-state index contributed by atoms with van der Waals surface area (Å²) in [5, 5.41) is 4.55. The van der Waals surface area contributed by atoms with Crippen LogP contribution >= 0.6 is 7.26 Å². The maximum atomic E-state index is 2.37. The van der Waals surface area contributed by atoms with E-state index in [1.54, 1.807) is 0 Å². The van der Waals surface area contributed by atoms with Gasteiger partial charge in [0.1, 0.15) is 29.7 Å². The molecule has 0 amide bonds. The first-order chi connectivity index (χ1) is 25.1. The monoisotopic (exact) mass is 777 g/mol. The largest absolute Gasteiger partial charge is 1.00 e. The molecule has 0 N–H and O–H groups in total. The van der Waals surface area contributed by atoms with Gasteiger partial charge in [-0.25, -0.2) is 0 Å². The van der Waals surface area contributed by atoms with Gasteiger partial charge in [0.05, 0.1) is 25.8 Å². The van der Waals surface area contributed by atoms with Crippen LogP contribution in [0.5, 0.6) is 0 Å². The fourth-order valence-corrected chi connectivity index (χ4v) is 12.2. The molecule has 0 atom stereocenters. The molecule has 4 aromatic rings. The lowest BCUT2D eigenvalue weighted by Gasteiger charge is -2.39. The lowest BCUT2D eigenvalue weighted by Crippen LogP contribution is -3.00. The van der Waals surface area contributed by atoms with Crippen molar-refractivity contribution in [2.45, 2.75) is 137 Å². The molecule has 0 bridgehead atoms. The zero-order valence-corrected chi connectivity index (χ0v) is 36.5. The predicted octanol–water partition coefficient (Wildman–Crippen LogP) is 7.31. The Bertz CT molecular complexity index is 1250. The van der Waals surface area contributed by atoms with E-state index < -0.39 is 7.26 Å². The second-order valence-electron chi connectivity index (χ2n) is 14.9. The van der Waals surface area contributed by atoms with Crippen LogP contribution in [0.25, 0.3) is 0 Å². The van der Waals surface area contributed by atoms with Crippen LogP contribution in [0.1, 0.15) is 136 Å². The van der Waals surface area contributed by atoms with Crippen LogP contribution in [0, 0.1) is 0 Å². The Kier molecular flexibility index (Phi) is 27.8. The standard InChI is InChI=1S/C30H40P.C19H34N.2ClH/c1-2-3-4-5-6-7-8-9-10-20-27-31(28-21-14-11-15-22-28,29-23-16-12-17-24-29)30-25-18-13-19-26-30;1-4-7-15-20(16-8-5-2,17-9-6-3)18-19-13-11-10-12-14-19;;/h11-19,21-26H,2-10,20,27H2,1H3;10-14H,4-9,15-18H2,1-3H3;2*1H/q2*+1;;/p-2. The zero-order valence-electron chi connectivity index (χ0n) is 34.0. The Morgan fingerprint density at radius 1 is 0.358 bits per heavy atom. The second kappa shape index (κ2) is 30.1. The maximum Gasteiger partial charge on any atom is 0.112 e. The molecule has 1 nitrogen and oxygen atoms in total. The average molecular weight is 779 g/mol. The number of hydrogen-bond donors (Lipinski definition) is 0. The van der Waals surface area contributed by atoms with Gasteiger partial charge in [0.2, 0.25) is 0 Å². The summed E-state index contributed by atoms with van der Waals surface area (Å²) in [4.78, 5) is 0. The molecule has 0 radical (unpaired) electrons. The van der Waals surface area contributed by atoms with Crippen molar-refractivity contribution < 1.29 is 29.3 Å². The van der Waals surface area contributed by atoms with E-state index in [0.717, 1.165) is 0 Å². The van der Waals surface area contributed by atoms with E-state index in [-0.39, 0.29) is 24.8 Å². The summed E-state index contributed by atoms with van der Waals surface area (Å²) in [6.07, 6.45) is 23.2. The molecule has 53 heavy (non-hydrogen) atoms. The van der Waals surface area contributed by atoms with Gasteiger partial charge >= 0.3 is 0 Å². The van der Waals surface area contributed by atoms with Crippen molar-refractivity contribution in [2.24, 2.45) is 0 Å². The number of unbranched alkanes of at least 4 members (excludes halogenated alkanes) is 12. The van der Waals surface area contributed by atoms with Crippen molar-refractivity contribution in [3.8, 4) is 0 Å². The quantitative estimate of drug-likeness (QED) is 0.0377. The molecule has 4 aromatic carbocycles. The number of rotatable bonds is 25. The molecule has 0 saturated heterocycles. The van der Waals surface area contributed by atoms with Crippen molar-refractivity contribution in [1.82, 2.24) is 0 Å².